The van der Waals surface area contributed by atoms with Gasteiger partial charge in [-0.25, -0.2) is 0 Å². The summed E-state index contributed by atoms with van der Waals surface area (Å²) in [5.74, 6) is -0.387. The number of benzene rings is 2. The average Bonchev–Trinajstić information content (AvgIpc) is 2.67. The van der Waals surface area contributed by atoms with Crippen LogP contribution in [0.15, 0.2) is 42.5 Å². The zero-order valence-electron chi connectivity index (χ0n) is 14.0. The predicted molar refractivity (Wildman–Crippen MR) is 98.8 cm³/mol. The van der Waals surface area contributed by atoms with Gasteiger partial charge >= 0.3 is 0 Å². The lowest BCUT2D eigenvalue weighted by molar-refractivity contribution is -0.384. The van der Waals surface area contributed by atoms with Gasteiger partial charge in [0.1, 0.15) is 5.69 Å². The molecule has 2 aromatic rings. The molecule has 0 spiro atoms. The van der Waals surface area contributed by atoms with E-state index in [1.165, 1.54) is 6.07 Å². The summed E-state index contributed by atoms with van der Waals surface area (Å²) in [4.78, 5) is 25.3. The predicted octanol–water partition coefficient (Wildman–Crippen LogP) is 3.01. The molecule has 0 radical (unpaired) electrons. The van der Waals surface area contributed by atoms with E-state index in [0.717, 1.165) is 5.56 Å². The lowest BCUT2D eigenvalue weighted by Gasteiger charge is -2.28. The largest absolute Gasteiger partial charge is 0.378 e. The maximum Gasteiger partial charge on any atom is 0.293 e. The second-order valence-corrected chi connectivity index (χ2v) is 6.24. The summed E-state index contributed by atoms with van der Waals surface area (Å²) in [7, 11) is 0. The maximum absolute atomic E-state index is 12.4. The summed E-state index contributed by atoms with van der Waals surface area (Å²) in [5.41, 5.74) is 1.43. The minimum Gasteiger partial charge on any atom is -0.378 e. The van der Waals surface area contributed by atoms with E-state index in [0.29, 0.717) is 37.0 Å². The topological polar surface area (TPSA) is 84.7 Å². The van der Waals surface area contributed by atoms with Gasteiger partial charge in [-0.05, 0) is 23.8 Å². The number of nitro benzene ring substituents is 1. The molecule has 7 nitrogen and oxygen atoms in total. The number of hydrogen-bond donors (Lipinski definition) is 1. The first-order chi connectivity index (χ1) is 12.6. The Kier molecular flexibility index (Phi) is 5.70. The summed E-state index contributed by atoms with van der Waals surface area (Å²) in [6, 6.07) is 11.7. The zero-order chi connectivity index (χ0) is 18.5. The molecule has 2 aromatic carbocycles. The Hall–Kier alpha value is -2.64. The molecule has 0 unspecified atom stereocenters. The van der Waals surface area contributed by atoms with Gasteiger partial charge in [-0.2, -0.15) is 0 Å². The van der Waals surface area contributed by atoms with Gasteiger partial charge in [-0.15, -0.1) is 0 Å². The van der Waals surface area contributed by atoms with Crippen molar-refractivity contribution in [3.63, 3.8) is 0 Å². The number of nitrogens with zero attached hydrogens (tertiary/aromatic N) is 2. The van der Waals surface area contributed by atoms with E-state index in [9.17, 15) is 14.9 Å². The van der Waals surface area contributed by atoms with Crippen LogP contribution in [0, 0.1) is 10.1 Å². The van der Waals surface area contributed by atoms with Gasteiger partial charge in [0, 0.05) is 36.3 Å². The molecule has 8 heteroatoms. The molecule has 1 N–H and O–H groups in total. The molecule has 0 saturated carbocycles. The molecule has 0 aliphatic carbocycles. The molecule has 1 aliphatic rings. The van der Waals surface area contributed by atoms with E-state index in [2.05, 4.69) is 5.32 Å². The monoisotopic (exact) mass is 375 g/mol. The minimum atomic E-state index is -0.463. The lowest BCUT2D eigenvalue weighted by Crippen LogP contribution is -2.36. The van der Waals surface area contributed by atoms with E-state index in [1.807, 2.05) is 17.0 Å². The van der Waals surface area contributed by atoms with Crippen LogP contribution in [0.5, 0.6) is 0 Å². The number of halogens is 1. The number of carbonyl (C=O) groups is 1. The Morgan fingerprint density at radius 2 is 1.96 bits per heavy atom. The number of nitrogens with one attached hydrogen (secondary N) is 1. The summed E-state index contributed by atoms with van der Waals surface area (Å²) in [6.45, 7) is 2.46. The van der Waals surface area contributed by atoms with Crippen LogP contribution in [0.4, 0.5) is 11.4 Å². The van der Waals surface area contributed by atoms with Crippen LogP contribution in [-0.2, 0) is 11.3 Å². The molecule has 26 heavy (non-hydrogen) atoms. The van der Waals surface area contributed by atoms with Crippen LogP contribution in [0.25, 0.3) is 0 Å². The maximum atomic E-state index is 12.4. The van der Waals surface area contributed by atoms with Gasteiger partial charge in [0.2, 0.25) is 0 Å². The smallest absolute Gasteiger partial charge is 0.293 e. The summed E-state index contributed by atoms with van der Waals surface area (Å²) >= 11 is 6.07. The second kappa shape index (κ2) is 8.16. The Morgan fingerprint density at radius 3 is 2.65 bits per heavy atom. The van der Waals surface area contributed by atoms with Crippen molar-refractivity contribution >= 4 is 28.9 Å². The molecule has 1 aliphatic heterocycles. The Bertz CT molecular complexity index is 822. The molecular weight excluding hydrogens is 358 g/mol. The standard InChI is InChI=1S/C18H18ClN3O4/c19-15-4-2-1-3-14(15)12-20-18(23)13-5-6-16(17(11-13)22(24)25)21-7-9-26-10-8-21/h1-6,11H,7-10,12H2,(H,20,23). The first kappa shape index (κ1) is 18.2. The number of nitro groups is 1. The highest BCUT2D eigenvalue weighted by Gasteiger charge is 2.23. The minimum absolute atomic E-state index is 0.0858. The molecule has 1 fully saturated rings. The number of morpholine rings is 1. The van der Waals surface area contributed by atoms with E-state index in [4.69, 9.17) is 16.3 Å². The van der Waals surface area contributed by atoms with E-state index in [1.54, 1.807) is 24.3 Å². The molecule has 0 bridgehead atoms. The Labute approximate surface area is 155 Å². The Balaban J connectivity index is 1.77. The van der Waals surface area contributed by atoms with Crippen LogP contribution in [0.2, 0.25) is 5.02 Å². The fourth-order valence-electron chi connectivity index (χ4n) is 2.80. The SMILES string of the molecule is O=C(NCc1ccccc1Cl)c1ccc(N2CCOCC2)c([N+](=O)[O-])c1. The Morgan fingerprint density at radius 1 is 1.23 bits per heavy atom. The molecule has 0 aromatic heterocycles. The summed E-state index contributed by atoms with van der Waals surface area (Å²) in [6.07, 6.45) is 0. The fourth-order valence-corrected chi connectivity index (χ4v) is 3.00. The van der Waals surface area contributed by atoms with Crippen molar-refractivity contribution in [1.29, 1.82) is 0 Å². The molecular formula is C18H18ClN3O4. The van der Waals surface area contributed by atoms with E-state index < -0.39 is 4.92 Å². The second-order valence-electron chi connectivity index (χ2n) is 5.83. The van der Waals surface area contributed by atoms with Crippen LogP contribution in [0.3, 0.4) is 0 Å². The van der Waals surface area contributed by atoms with Crippen LogP contribution in [-0.4, -0.2) is 37.1 Å². The number of rotatable bonds is 5. The summed E-state index contributed by atoms with van der Waals surface area (Å²) in [5, 5.41) is 14.8. The first-order valence-corrected chi connectivity index (χ1v) is 8.57. The number of hydrogen-bond acceptors (Lipinski definition) is 5. The third kappa shape index (κ3) is 4.12. The number of anilines is 1. The number of ether oxygens (including phenoxy) is 1. The van der Waals surface area contributed by atoms with Gasteiger partial charge < -0.3 is 15.0 Å². The fraction of sp³-hybridized carbons (Fsp3) is 0.278. The summed E-state index contributed by atoms with van der Waals surface area (Å²) < 4.78 is 5.28. The van der Waals surface area contributed by atoms with Crippen molar-refractivity contribution < 1.29 is 14.5 Å². The van der Waals surface area contributed by atoms with Crippen LogP contribution >= 0.6 is 11.6 Å². The van der Waals surface area contributed by atoms with E-state index >= 15 is 0 Å². The van der Waals surface area contributed by atoms with Crippen molar-refractivity contribution in [3.8, 4) is 0 Å². The molecule has 3 rings (SSSR count). The van der Waals surface area contributed by atoms with Gasteiger partial charge in [0.25, 0.3) is 11.6 Å². The zero-order valence-corrected chi connectivity index (χ0v) is 14.7. The van der Waals surface area contributed by atoms with Crippen molar-refractivity contribution in [3.05, 3.63) is 68.7 Å². The molecule has 1 heterocycles. The van der Waals surface area contributed by atoms with Gasteiger partial charge in [-0.3, -0.25) is 14.9 Å². The van der Waals surface area contributed by atoms with E-state index in [-0.39, 0.29) is 23.7 Å². The quantitative estimate of drug-likeness (QED) is 0.641. The van der Waals surface area contributed by atoms with Crippen molar-refractivity contribution in [2.45, 2.75) is 6.54 Å². The highest BCUT2D eigenvalue weighted by atomic mass is 35.5. The van der Waals surface area contributed by atoms with Gasteiger partial charge in [0.15, 0.2) is 0 Å². The highest BCUT2D eigenvalue weighted by Crippen LogP contribution is 2.30. The van der Waals surface area contributed by atoms with Gasteiger partial charge in [0.05, 0.1) is 18.1 Å². The highest BCUT2D eigenvalue weighted by molar-refractivity contribution is 6.31. The van der Waals surface area contributed by atoms with Crippen LogP contribution < -0.4 is 10.2 Å². The first-order valence-electron chi connectivity index (χ1n) is 8.19. The normalized spacial score (nSPS) is 14.1. The van der Waals surface area contributed by atoms with Crippen molar-refractivity contribution in [2.75, 3.05) is 31.2 Å². The molecule has 136 valence electrons. The average molecular weight is 376 g/mol. The molecule has 1 saturated heterocycles. The number of carbonyl (C=O) groups excluding carboxylic acids is 1. The van der Waals surface area contributed by atoms with Gasteiger partial charge in [-0.1, -0.05) is 29.8 Å². The van der Waals surface area contributed by atoms with Crippen molar-refractivity contribution in [1.82, 2.24) is 5.32 Å². The molecule has 1 amide bonds. The lowest BCUT2D eigenvalue weighted by atomic mass is 10.1. The third-order valence-electron chi connectivity index (χ3n) is 4.18. The van der Waals surface area contributed by atoms with Crippen molar-refractivity contribution in [2.24, 2.45) is 0 Å². The van der Waals surface area contributed by atoms with Crippen LogP contribution in [0.1, 0.15) is 15.9 Å². The number of amides is 1. The molecule has 0 atom stereocenters. The third-order valence-corrected chi connectivity index (χ3v) is 4.55.